The van der Waals surface area contributed by atoms with Crippen LogP contribution in [0.4, 0.5) is 10.3 Å². The quantitative estimate of drug-likeness (QED) is 0.925. The molecule has 1 aromatic carbocycles. The highest BCUT2D eigenvalue weighted by Gasteiger charge is 2.20. The number of hydrogen-bond acceptors (Lipinski definition) is 3. The third kappa shape index (κ3) is 2.45. The molecule has 19 heavy (non-hydrogen) atoms. The van der Waals surface area contributed by atoms with Gasteiger partial charge in [-0.15, -0.1) is 0 Å². The van der Waals surface area contributed by atoms with E-state index in [9.17, 15) is 9.18 Å². The highest BCUT2D eigenvalue weighted by atomic mass is 19.1. The van der Waals surface area contributed by atoms with Crippen LogP contribution in [-0.2, 0) is 7.05 Å². The molecule has 102 valence electrons. The Balaban J connectivity index is 2.67. The van der Waals surface area contributed by atoms with Crippen LogP contribution in [-0.4, -0.2) is 21.8 Å². The summed E-state index contributed by atoms with van der Waals surface area (Å²) in [5, 5.41) is 3.55. The molecule has 0 saturated heterocycles. The molecule has 2 aromatic rings. The molecule has 4 nitrogen and oxygen atoms in total. The van der Waals surface area contributed by atoms with Crippen LogP contribution in [0.15, 0.2) is 23.0 Å². The van der Waals surface area contributed by atoms with E-state index >= 15 is 0 Å². The fourth-order valence-corrected chi connectivity index (χ4v) is 1.89. The highest BCUT2D eigenvalue weighted by molar-refractivity contribution is 5.81. The molecule has 0 fully saturated rings. The van der Waals surface area contributed by atoms with E-state index in [4.69, 9.17) is 0 Å². The van der Waals surface area contributed by atoms with E-state index < -0.39 is 12.2 Å². The van der Waals surface area contributed by atoms with Crippen molar-refractivity contribution in [3.63, 3.8) is 0 Å². The zero-order valence-electron chi connectivity index (χ0n) is 11.6. The Hall–Kier alpha value is -1.91. The zero-order valence-corrected chi connectivity index (χ0v) is 11.6. The van der Waals surface area contributed by atoms with Crippen molar-refractivity contribution in [3.8, 4) is 0 Å². The van der Waals surface area contributed by atoms with Crippen molar-refractivity contribution >= 4 is 16.9 Å². The number of anilines is 1. The molecule has 0 aliphatic heterocycles. The summed E-state index contributed by atoms with van der Waals surface area (Å²) in [5.74, 6) is 0.384. The number of nitrogens with one attached hydrogen (secondary N) is 1. The topological polar surface area (TPSA) is 46.9 Å². The second kappa shape index (κ2) is 4.64. The molecule has 0 atom stereocenters. The second-order valence-electron chi connectivity index (χ2n) is 5.41. The lowest BCUT2D eigenvalue weighted by molar-refractivity contribution is 0.372. The molecule has 0 spiro atoms. The second-order valence-corrected chi connectivity index (χ2v) is 5.41. The zero-order chi connectivity index (χ0) is 14.2. The molecule has 0 radical (unpaired) electrons. The predicted octanol–water partition coefficient (Wildman–Crippen LogP) is 2.40. The van der Waals surface area contributed by atoms with Crippen molar-refractivity contribution in [3.05, 3.63) is 34.1 Å². The number of alkyl halides is 1. The van der Waals surface area contributed by atoms with Crippen LogP contribution >= 0.6 is 0 Å². The van der Waals surface area contributed by atoms with Crippen molar-refractivity contribution in [1.29, 1.82) is 0 Å². The van der Waals surface area contributed by atoms with E-state index in [1.54, 1.807) is 27.0 Å². The van der Waals surface area contributed by atoms with Crippen LogP contribution in [0, 0.1) is 6.92 Å². The predicted molar refractivity (Wildman–Crippen MR) is 75.4 cm³/mol. The molecule has 5 heteroatoms. The first-order chi connectivity index (χ1) is 8.85. The van der Waals surface area contributed by atoms with Gasteiger partial charge >= 0.3 is 0 Å². The van der Waals surface area contributed by atoms with Gasteiger partial charge in [0.15, 0.2) is 0 Å². The van der Waals surface area contributed by atoms with Gasteiger partial charge in [0, 0.05) is 7.05 Å². The number of halogens is 1. The highest BCUT2D eigenvalue weighted by Crippen LogP contribution is 2.17. The van der Waals surface area contributed by atoms with Gasteiger partial charge in [-0.25, -0.2) is 9.37 Å². The standard InChI is InChI=1S/C14H18FN3O/c1-9-6-5-7-10-11(9)16-13(18(4)12(10)19)17-14(2,3)8-15/h5-7H,8H2,1-4H3,(H,16,17). The van der Waals surface area contributed by atoms with Crippen LogP contribution in [0.3, 0.4) is 0 Å². The minimum Gasteiger partial charge on any atom is -0.348 e. The number of aryl methyl sites for hydroxylation is 1. The van der Waals surface area contributed by atoms with Crippen molar-refractivity contribution < 1.29 is 4.39 Å². The number of hydrogen-bond donors (Lipinski definition) is 1. The summed E-state index contributed by atoms with van der Waals surface area (Å²) in [6.45, 7) is 4.80. The molecule has 0 aliphatic carbocycles. The van der Waals surface area contributed by atoms with Crippen LogP contribution < -0.4 is 10.9 Å². The van der Waals surface area contributed by atoms with Gasteiger partial charge in [-0.1, -0.05) is 12.1 Å². The summed E-state index contributed by atoms with van der Waals surface area (Å²) >= 11 is 0. The maximum absolute atomic E-state index is 12.9. The van der Waals surface area contributed by atoms with E-state index in [0.29, 0.717) is 16.9 Å². The Morgan fingerprint density at radius 1 is 1.42 bits per heavy atom. The minimum absolute atomic E-state index is 0.133. The lowest BCUT2D eigenvalue weighted by Gasteiger charge is -2.24. The van der Waals surface area contributed by atoms with Crippen molar-refractivity contribution in [2.24, 2.45) is 7.05 Å². The summed E-state index contributed by atoms with van der Waals surface area (Å²) in [5.41, 5.74) is 0.693. The average molecular weight is 263 g/mol. The first-order valence-corrected chi connectivity index (χ1v) is 6.16. The number of fused-ring (bicyclic) bond motifs is 1. The monoisotopic (exact) mass is 263 g/mol. The average Bonchev–Trinajstić information content (AvgIpc) is 2.37. The molecule has 0 aliphatic rings. The summed E-state index contributed by atoms with van der Waals surface area (Å²) in [4.78, 5) is 16.7. The van der Waals surface area contributed by atoms with Gasteiger partial charge in [-0.05, 0) is 32.4 Å². The van der Waals surface area contributed by atoms with Crippen LogP contribution in [0.5, 0.6) is 0 Å². The number of rotatable bonds is 3. The third-order valence-corrected chi connectivity index (χ3v) is 3.09. The molecule has 0 amide bonds. The van der Waals surface area contributed by atoms with Gasteiger partial charge in [-0.2, -0.15) is 0 Å². The molecule has 0 bridgehead atoms. The van der Waals surface area contributed by atoms with Gasteiger partial charge in [0.05, 0.1) is 16.4 Å². The summed E-state index contributed by atoms with van der Waals surface area (Å²) in [6, 6.07) is 5.49. The first kappa shape index (κ1) is 13.5. The Kier molecular flexibility index (Phi) is 3.30. The Bertz CT molecular complexity index is 676. The fourth-order valence-electron chi connectivity index (χ4n) is 1.89. The fraction of sp³-hybridized carbons (Fsp3) is 0.429. The SMILES string of the molecule is Cc1cccc2c(=O)n(C)c(NC(C)(C)CF)nc12. The van der Waals surface area contributed by atoms with Crippen molar-refractivity contribution in [2.45, 2.75) is 26.3 Å². The van der Waals surface area contributed by atoms with Gasteiger partial charge in [0.25, 0.3) is 5.56 Å². The van der Waals surface area contributed by atoms with Gasteiger partial charge in [0.2, 0.25) is 5.95 Å². The maximum atomic E-state index is 12.9. The summed E-state index contributed by atoms with van der Waals surface area (Å²) < 4.78 is 14.3. The van der Waals surface area contributed by atoms with E-state index in [0.717, 1.165) is 5.56 Å². The van der Waals surface area contributed by atoms with Gasteiger partial charge in [-0.3, -0.25) is 9.36 Å². The van der Waals surface area contributed by atoms with E-state index in [1.165, 1.54) is 4.57 Å². The largest absolute Gasteiger partial charge is 0.348 e. The van der Waals surface area contributed by atoms with Gasteiger partial charge < -0.3 is 5.32 Å². The molecule has 2 rings (SSSR count). The molecular weight excluding hydrogens is 245 g/mol. The molecule has 0 unspecified atom stereocenters. The lowest BCUT2D eigenvalue weighted by atomic mass is 10.1. The van der Waals surface area contributed by atoms with Gasteiger partial charge in [0.1, 0.15) is 6.67 Å². The first-order valence-electron chi connectivity index (χ1n) is 6.16. The van der Waals surface area contributed by atoms with Crippen molar-refractivity contribution in [1.82, 2.24) is 9.55 Å². The summed E-state index contributed by atoms with van der Waals surface area (Å²) in [7, 11) is 1.63. The Morgan fingerprint density at radius 2 is 2.11 bits per heavy atom. The molecule has 1 N–H and O–H groups in total. The van der Waals surface area contributed by atoms with E-state index in [1.807, 2.05) is 19.1 Å². The Morgan fingerprint density at radius 3 is 2.74 bits per heavy atom. The van der Waals surface area contributed by atoms with E-state index in [-0.39, 0.29) is 5.56 Å². The molecular formula is C14H18FN3O. The van der Waals surface area contributed by atoms with Crippen LogP contribution in [0.25, 0.3) is 10.9 Å². The van der Waals surface area contributed by atoms with Crippen LogP contribution in [0.1, 0.15) is 19.4 Å². The minimum atomic E-state index is -0.756. The number of aromatic nitrogens is 2. The normalized spacial score (nSPS) is 11.8. The number of benzene rings is 1. The Labute approximate surface area is 111 Å². The number of para-hydroxylation sites is 1. The molecule has 1 heterocycles. The number of nitrogens with zero attached hydrogens (tertiary/aromatic N) is 2. The van der Waals surface area contributed by atoms with Crippen molar-refractivity contribution in [2.75, 3.05) is 12.0 Å². The molecule has 0 saturated carbocycles. The molecule has 1 aromatic heterocycles. The van der Waals surface area contributed by atoms with E-state index in [2.05, 4.69) is 10.3 Å². The maximum Gasteiger partial charge on any atom is 0.262 e. The smallest absolute Gasteiger partial charge is 0.262 e. The third-order valence-electron chi connectivity index (χ3n) is 3.09. The lowest BCUT2D eigenvalue weighted by Crippen LogP contribution is -2.36. The summed E-state index contributed by atoms with van der Waals surface area (Å²) in [6.07, 6.45) is 0. The van der Waals surface area contributed by atoms with Crippen LogP contribution in [0.2, 0.25) is 0 Å².